The molecule has 0 unspecified atom stereocenters. The number of rotatable bonds is 5. The summed E-state index contributed by atoms with van der Waals surface area (Å²) in [6, 6.07) is 12.5. The average Bonchev–Trinajstić information content (AvgIpc) is 3.39. The van der Waals surface area contributed by atoms with Crippen LogP contribution in [-0.2, 0) is 12.8 Å². The molecule has 2 aromatic carbocycles. The molecule has 0 spiro atoms. The Morgan fingerprint density at radius 1 is 1.18 bits per heavy atom. The Morgan fingerprint density at radius 3 is 2.58 bits per heavy atom. The third-order valence-corrected chi connectivity index (χ3v) is 6.26. The van der Waals surface area contributed by atoms with Crippen molar-refractivity contribution in [3.8, 4) is 5.69 Å². The number of carboxylic acid groups (broad SMARTS) is 1. The zero-order valence-electron chi connectivity index (χ0n) is 18.7. The molecule has 0 amide bonds. The fourth-order valence-corrected chi connectivity index (χ4v) is 4.21. The van der Waals surface area contributed by atoms with Gasteiger partial charge in [0.2, 0.25) is 0 Å². The van der Waals surface area contributed by atoms with Crippen LogP contribution >= 0.6 is 12.2 Å². The summed E-state index contributed by atoms with van der Waals surface area (Å²) in [6.45, 7) is 3.59. The van der Waals surface area contributed by atoms with Crippen LogP contribution in [-0.4, -0.2) is 38.7 Å². The number of hydrazone groups is 1. The van der Waals surface area contributed by atoms with Gasteiger partial charge in [-0.25, -0.2) is 9.48 Å². The summed E-state index contributed by atoms with van der Waals surface area (Å²) in [5, 5.41) is 16.8. The van der Waals surface area contributed by atoms with Crippen LogP contribution in [0.1, 0.15) is 46.1 Å². The number of aromatic nitrogens is 2. The van der Waals surface area contributed by atoms with Gasteiger partial charge >= 0.3 is 5.97 Å². The molecule has 3 aromatic rings. The number of H-pyrrole nitrogens is 1. The summed E-state index contributed by atoms with van der Waals surface area (Å²) < 4.78 is 1.55. The highest BCUT2D eigenvalue weighted by Gasteiger charge is 2.18. The zero-order chi connectivity index (χ0) is 23.7. The monoisotopic (exact) mass is 463 g/mol. The van der Waals surface area contributed by atoms with Crippen molar-refractivity contribution in [3.63, 3.8) is 0 Å². The van der Waals surface area contributed by atoms with Gasteiger partial charge in [0, 0.05) is 18.4 Å². The molecule has 0 atom stereocenters. The molecule has 0 bridgehead atoms. The molecule has 1 aliphatic carbocycles. The molecule has 0 radical (unpaired) electrons. The van der Waals surface area contributed by atoms with Crippen LogP contribution in [0.5, 0.6) is 0 Å². The molecule has 1 aliphatic rings. The van der Waals surface area contributed by atoms with Crippen LogP contribution in [0.4, 0.5) is 5.69 Å². The van der Waals surface area contributed by atoms with E-state index in [0.717, 1.165) is 24.9 Å². The molecule has 9 heteroatoms. The van der Waals surface area contributed by atoms with Gasteiger partial charge in [-0.2, -0.15) is 5.10 Å². The standard InChI is InChI=1S/C24H25N5O3S/c1-14(25-26-24(33)28(3)19-10-8-17(9-11-19)23(31)32)21-15(2)27-29(22(21)30)20-12-7-16-5-4-6-18(16)13-20/h7-13,27H,4-6H2,1-3H3,(H,26,33)(H,31,32)/b25-14+. The van der Waals surface area contributed by atoms with E-state index in [0.29, 0.717) is 27.8 Å². The van der Waals surface area contributed by atoms with Gasteiger partial charge in [-0.05, 0) is 92.9 Å². The number of aryl methyl sites for hydroxylation is 3. The minimum Gasteiger partial charge on any atom is -0.478 e. The molecule has 0 aliphatic heterocycles. The lowest BCUT2D eigenvalue weighted by molar-refractivity contribution is 0.0697. The third-order valence-electron chi connectivity index (χ3n) is 5.90. The number of hydrogen-bond donors (Lipinski definition) is 3. The highest BCUT2D eigenvalue weighted by Crippen LogP contribution is 2.24. The van der Waals surface area contributed by atoms with E-state index in [9.17, 15) is 9.59 Å². The normalized spacial score (nSPS) is 13.0. The molecule has 1 aromatic heterocycles. The topological polar surface area (TPSA) is 103 Å². The number of thiocarbonyl (C=S) groups is 1. The number of aromatic carboxylic acids is 1. The molecular weight excluding hydrogens is 438 g/mol. The van der Waals surface area contributed by atoms with Crippen molar-refractivity contribution in [2.24, 2.45) is 5.10 Å². The van der Waals surface area contributed by atoms with Crippen LogP contribution < -0.4 is 15.9 Å². The molecule has 1 heterocycles. The number of carboxylic acids is 1. The first-order chi connectivity index (χ1) is 15.8. The van der Waals surface area contributed by atoms with Gasteiger partial charge in [0.1, 0.15) is 0 Å². The first-order valence-corrected chi connectivity index (χ1v) is 11.0. The molecule has 4 rings (SSSR count). The summed E-state index contributed by atoms with van der Waals surface area (Å²) in [7, 11) is 1.75. The number of nitrogens with zero attached hydrogens (tertiary/aromatic N) is 3. The van der Waals surface area contributed by atoms with Gasteiger partial charge in [-0.3, -0.25) is 15.3 Å². The lowest BCUT2D eigenvalue weighted by atomic mass is 10.1. The minimum absolute atomic E-state index is 0.169. The number of benzene rings is 2. The van der Waals surface area contributed by atoms with Crippen molar-refractivity contribution >= 4 is 34.7 Å². The van der Waals surface area contributed by atoms with E-state index in [1.165, 1.54) is 23.3 Å². The highest BCUT2D eigenvalue weighted by molar-refractivity contribution is 7.80. The number of aromatic amines is 1. The molecule has 0 fully saturated rings. The van der Waals surface area contributed by atoms with Crippen molar-refractivity contribution in [1.82, 2.24) is 15.2 Å². The van der Waals surface area contributed by atoms with E-state index < -0.39 is 5.97 Å². The van der Waals surface area contributed by atoms with Crippen molar-refractivity contribution in [1.29, 1.82) is 0 Å². The molecule has 8 nitrogen and oxygen atoms in total. The SMILES string of the molecule is C/C(=N\NC(=S)N(C)c1ccc(C(=O)O)cc1)c1c(C)[nH]n(-c2ccc3c(c2)CCC3)c1=O. The Morgan fingerprint density at radius 2 is 1.88 bits per heavy atom. The average molecular weight is 464 g/mol. The highest BCUT2D eigenvalue weighted by atomic mass is 32.1. The van der Waals surface area contributed by atoms with Gasteiger partial charge in [0.05, 0.1) is 22.5 Å². The van der Waals surface area contributed by atoms with E-state index in [2.05, 4.69) is 27.8 Å². The smallest absolute Gasteiger partial charge is 0.335 e. The Hall–Kier alpha value is -3.72. The van der Waals surface area contributed by atoms with Crippen molar-refractivity contribution in [3.05, 3.63) is 80.8 Å². The van der Waals surface area contributed by atoms with Crippen LogP contribution in [0, 0.1) is 6.92 Å². The Bertz CT molecular complexity index is 1320. The van der Waals surface area contributed by atoms with Crippen molar-refractivity contribution < 1.29 is 9.90 Å². The van der Waals surface area contributed by atoms with E-state index >= 15 is 0 Å². The summed E-state index contributed by atoms with van der Waals surface area (Å²) in [4.78, 5) is 25.8. The summed E-state index contributed by atoms with van der Waals surface area (Å²) in [5.41, 5.74) is 8.73. The first kappa shape index (κ1) is 22.5. The lowest BCUT2D eigenvalue weighted by Gasteiger charge is -2.19. The first-order valence-electron chi connectivity index (χ1n) is 10.6. The molecular formula is C24H25N5O3S. The van der Waals surface area contributed by atoms with Gasteiger partial charge in [0.15, 0.2) is 5.11 Å². The van der Waals surface area contributed by atoms with Crippen LogP contribution in [0.15, 0.2) is 52.4 Å². The fourth-order valence-electron chi connectivity index (χ4n) is 4.06. The van der Waals surface area contributed by atoms with Crippen molar-refractivity contribution in [2.75, 3.05) is 11.9 Å². The molecule has 3 N–H and O–H groups in total. The van der Waals surface area contributed by atoms with E-state index in [-0.39, 0.29) is 11.1 Å². The fraction of sp³-hybridized carbons (Fsp3) is 0.250. The number of nitrogens with one attached hydrogen (secondary N) is 2. The second-order valence-corrected chi connectivity index (χ2v) is 8.47. The van der Waals surface area contributed by atoms with Gasteiger partial charge in [0.25, 0.3) is 5.56 Å². The maximum atomic E-state index is 13.2. The van der Waals surface area contributed by atoms with Gasteiger partial charge in [-0.15, -0.1) is 0 Å². The maximum absolute atomic E-state index is 13.2. The number of carbonyl (C=O) groups is 1. The van der Waals surface area contributed by atoms with E-state index in [4.69, 9.17) is 17.3 Å². The summed E-state index contributed by atoms with van der Waals surface area (Å²) >= 11 is 5.40. The molecule has 170 valence electrons. The van der Waals surface area contributed by atoms with E-state index in [1.807, 2.05) is 13.0 Å². The van der Waals surface area contributed by atoms with Crippen LogP contribution in [0.25, 0.3) is 5.69 Å². The van der Waals surface area contributed by atoms with E-state index in [1.54, 1.807) is 35.7 Å². The van der Waals surface area contributed by atoms with Crippen LogP contribution in [0.2, 0.25) is 0 Å². The van der Waals surface area contributed by atoms with Gasteiger partial charge in [-0.1, -0.05) is 6.07 Å². The van der Waals surface area contributed by atoms with Gasteiger partial charge < -0.3 is 10.0 Å². The molecule has 0 saturated carbocycles. The second-order valence-electron chi connectivity index (χ2n) is 8.08. The Balaban J connectivity index is 1.52. The third kappa shape index (κ3) is 4.45. The minimum atomic E-state index is -0.988. The summed E-state index contributed by atoms with van der Waals surface area (Å²) in [5.74, 6) is -0.988. The molecule has 0 saturated heterocycles. The number of hydrogen-bond acceptors (Lipinski definition) is 4. The predicted octanol–water partition coefficient (Wildman–Crippen LogP) is 3.40. The van der Waals surface area contributed by atoms with Crippen LogP contribution in [0.3, 0.4) is 0 Å². The Kier molecular flexibility index (Phi) is 6.15. The lowest BCUT2D eigenvalue weighted by Crippen LogP contribution is -2.35. The number of anilines is 1. The second kappa shape index (κ2) is 9.03. The predicted molar refractivity (Wildman–Crippen MR) is 133 cm³/mol. The Labute approximate surface area is 196 Å². The maximum Gasteiger partial charge on any atom is 0.335 e. The number of fused-ring (bicyclic) bond motifs is 1. The zero-order valence-corrected chi connectivity index (χ0v) is 19.5. The quantitative estimate of drug-likeness (QED) is 0.305. The largest absolute Gasteiger partial charge is 0.478 e. The van der Waals surface area contributed by atoms with Crippen molar-refractivity contribution in [2.45, 2.75) is 33.1 Å². The molecule has 33 heavy (non-hydrogen) atoms. The summed E-state index contributed by atoms with van der Waals surface area (Å²) in [6.07, 6.45) is 3.28.